The van der Waals surface area contributed by atoms with Gasteiger partial charge in [0, 0.05) is 6.54 Å². The zero-order valence-corrected chi connectivity index (χ0v) is 6.34. The van der Waals surface area contributed by atoms with E-state index in [4.69, 9.17) is 5.73 Å². The summed E-state index contributed by atoms with van der Waals surface area (Å²) in [6.07, 6.45) is 7.99. The zero-order chi connectivity index (χ0) is 6.97. The number of nitrogens with two attached hydrogens (primary N) is 1. The molecular formula is C9H15N. The summed E-state index contributed by atoms with van der Waals surface area (Å²) in [5.74, 6) is 1.97. The van der Waals surface area contributed by atoms with Crippen LogP contribution < -0.4 is 5.73 Å². The number of rotatable bonds is 1. The van der Waals surface area contributed by atoms with Gasteiger partial charge in [-0.05, 0) is 37.5 Å². The van der Waals surface area contributed by atoms with Crippen LogP contribution in [0, 0.1) is 11.8 Å². The first-order valence-electron chi connectivity index (χ1n) is 4.29. The maximum Gasteiger partial charge on any atom is 0.0109 e. The van der Waals surface area contributed by atoms with Gasteiger partial charge in [0.2, 0.25) is 0 Å². The minimum Gasteiger partial charge on any atom is -0.327 e. The van der Waals surface area contributed by atoms with Gasteiger partial charge in [-0.25, -0.2) is 0 Å². The Morgan fingerprint density at radius 3 is 2.90 bits per heavy atom. The molecule has 2 saturated carbocycles. The third kappa shape index (κ3) is 0.891. The molecule has 0 unspecified atom stereocenters. The summed E-state index contributed by atoms with van der Waals surface area (Å²) in [5.41, 5.74) is 7.13. The van der Waals surface area contributed by atoms with Crippen molar-refractivity contribution in [3.05, 3.63) is 11.6 Å². The van der Waals surface area contributed by atoms with Crippen LogP contribution in [0.15, 0.2) is 11.6 Å². The fourth-order valence-electron chi connectivity index (χ4n) is 2.50. The summed E-state index contributed by atoms with van der Waals surface area (Å²) < 4.78 is 0. The highest BCUT2D eigenvalue weighted by molar-refractivity contribution is 5.16. The van der Waals surface area contributed by atoms with Gasteiger partial charge in [0.1, 0.15) is 0 Å². The molecule has 56 valence electrons. The average Bonchev–Trinajstić information content (AvgIpc) is 2.48. The minimum atomic E-state index is 0.749. The molecule has 0 saturated heterocycles. The molecule has 2 aliphatic rings. The topological polar surface area (TPSA) is 26.0 Å². The van der Waals surface area contributed by atoms with Crippen LogP contribution in [0.3, 0.4) is 0 Å². The lowest BCUT2D eigenvalue weighted by Crippen LogP contribution is -2.02. The van der Waals surface area contributed by atoms with Crippen molar-refractivity contribution in [2.24, 2.45) is 17.6 Å². The molecule has 0 heterocycles. The summed E-state index contributed by atoms with van der Waals surface area (Å²) >= 11 is 0. The maximum absolute atomic E-state index is 5.46. The van der Waals surface area contributed by atoms with E-state index in [0.717, 1.165) is 18.4 Å². The largest absolute Gasteiger partial charge is 0.327 e. The van der Waals surface area contributed by atoms with Gasteiger partial charge < -0.3 is 5.73 Å². The van der Waals surface area contributed by atoms with Gasteiger partial charge in [0.25, 0.3) is 0 Å². The van der Waals surface area contributed by atoms with Gasteiger partial charge in [-0.2, -0.15) is 0 Å². The molecule has 0 radical (unpaired) electrons. The number of allylic oxidation sites excluding steroid dienone is 1. The van der Waals surface area contributed by atoms with E-state index in [1.54, 1.807) is 5.57 Å². The fourth-order valence-corrected chi connectivity index (χ4v) is 2.50. The monoisotopic (exact) mass is 137 g/mol. The maximum atomic E-state index is 5.46. The predicted molar refractivity (Wildman–Crippen MR) is 42.6 cm³/mol. The third-order valence-corrected chi connectivity index (χ3v) is 2.97. The SMILES string of the molecule is NC/C=C1/C[C@H]2CC[C@@H]1C2. The molecule has 0 amide bonds. The molecule has 2 rings (SSSR count). The predicted octanol–water partition coefficient (Wildman–Crippen LogP) is 1.69. The Labute approximate surface area is 62.3 Å². The lowest BCUT2D eigenvalue weighted by Gasteiger charge is -2.12. The first-order chi connectivity index (χ1) is 4.90. The zero-order valence-electron chi connectivity index (χ0n) is 6.34. The highest BCUT2D eigenvalue weighted by Gasteiger charge is 2.34. The van der Waals surface area contributed by atoms with Gasteiger partial charge in [-0.3, -0.25) is 0 Å². The quantitative estimate of drug-likeness (QED) is 0.547. The molecule has 0 aliphatic heterocycles. The van der Waals surface area contributed by atoms with Crippen LogP contribution in [0.25, 0.3) is 0 Å². The highest BCUT2D eigenvalue weighted by Crippen LogP contribution is 2.47. The summed E-state index contributed by atoms with van der Waals surface area (Å²) in [7, 11) is 0. The van der Waals surface area contributed by atoms with Crippen molar-refractivity contribution < 1.29 is 0 Å². The molecule has 10 heavy (non-hydrogen) atoms. The third-order valence-electron chi connectivity index (χ3n) is 2.97. The lowest BCUT2D eigenvalue weighted by atomic mass is 9.95. The Morgan fingerprint density at radius 1 is 1.50 bits per heavy atom. The van der Waals surface area contributed by atoms with E-state index in [1.807, 2.05) is 0 Å². The Kier molecular flexibility index (Phi) is 1.53. The van der Waals surface area contributed by atoms with Crippen LogP contribution in [-0.4, -0.2) is 6.54 Å². The smallest absolute Gasteiger partial charge is 0.0109 e. The van der Waals surface area contributed by atoms with Crippen LogP contribution in [0.1, 0.15) is 25.7 Å². The second kappa shape index (κ2) is 2.39. The Balaban J connectivity index is 2.08. The lowest BCUT2D eigenvalue weighted by molar-refractivity contribution is 0.560. The molecule has 2 N–H and O–H groups in total. The van der Waals surface area contributed by atoms with Crippen LogP contribution in [-0.2, 0) is 0 Å². The first kappa shape index (κ1) is 6.41. The Hall–Kier alpha value is -0.300. The summed E-state index contributed by atoms with van der Waals surface area (Å²) in [6, 6.07) is 0. The minimum absolute atomic E-state index is 0.749. The summed E-state index contributed by atoms with van der Waals surface area (Å²) in [5, 5.41) is 0. The normalized spacial score (nSPS) is 41.5. The molecule has 2 atom stereocenters. The molecular weight excluding hydrogens is 122 g/mol. The van der Waals surface area contributed by atoms with Crippen LogP contribution in [0.2, 0.25) is 0 Å². The number of fused-ring (bicyclic) bond motifs is 2. The van der Waals surface area contributed by atoms with Gasteiger partial charge in [0.05, 0.1) is 0 Å². The van der Waals surface area contributed by atoms with Crippen molar-refractivity contribution in [1.82, 2.24) is 0 Å². The van der Waals surface area contributed by atoms with E-state index in [2.05, 4.69) is 6.08 Å². The van der Waals surface area contributed by atoms with E-state index < -0.39 is 0 Å². The van der Waals surface area contributed by atoms with Gasteiger partial charge in [-0.15, -0.1) is 0 Å². The van der Waals surface area contributed by atoms with Crippen molar-refractivity contribution in [3.8, 4) is 0 Å². The van der Waals surface area contributed by atoms with Gasteiger partial charge in [-0.1, -0.05) is 11.6 Å². The second-order valence-electron chi connectivity index (χ2n) is 3.59. The van der Waals surface area contributed by atoms with E-state index in [1.165, 1.54) is 25.7 Å². The molecule has 2 bridgehead atoms. The molecule has 1 nitrogen and oxygen atoms in total. The molecule has 1 heteroatoms. The van der Waals surface area contributed by atoms with Gasteiger partial charge in [0.15, 0.2) is 0 Å². The van der Waals surface area contributed by atoms with Crippen molar-refractivity contribution in [2.45, 2.75) is 25.7 Å². The Morgan fingerprint density at radius 2 is 2.40 bits per heavy atom. The van der Waals surface area contributed by atoms with E-state index >= 15 is 0 Å². The summed E-state index contributed by atoms with van der Waals surface area (Å²) in [6.45, 7) is 0.749. The van der Waals surface area contributed by atoms with Gasteiger partial charge >= 0.3 is 0 Å². The average molecular weight is 137 g/mol. The van der Waals surface area contributed by atoms with E-state index in [9.17, 15) is 0 Å². The van der Waals surface area contributed by atoms with Crippen LogP contribution in [0.5, 0.6) is 0 Å². The first-order valence-corrected chi connectivity index (χ1v) is 4.29. The summed E-state index contributed by atoms with van der Waals surface area (Å²) in [4.78, 5) is 0. The van der Waals surface area contributed by atoms with Crippen molar-refractivity contribution >= 4 is 0 Å². The number of hydrogen-bond acceptors (Lipinski definition) is 1. The molecule has 0 aromatic carbocycles. The van der Waals surface area contributed by atoms with E-state index in [0.29, 0.717) is 0 Å². The molecule has 0 spiro atoms. The molecule has 0 aromatic heterocycles. The Bertz CT molecular complexity index is 160. The molecule has 0 aromatic rings. The molecule has 2 fully saturated rings. The fraction of sp³-hybridized carbons (Fsp3) is 0.778. The van der Waals surface area contributed by atoms with E-state index in [-0.39, 0.29) is 0 Å². The van der Waals surface area contributed by atoms with Crippen molar-refractivity contribution in [3.63, 3.8) is 0 Å². The standard InChI is InChI=1S/C9H15N/c10-4-3-9-6-7-1-2-8(9)5-7/h3,7-8H,1-2,4-6,10H2/b9-3-/t7-,8+/m0/s1. The second-order valence-corrected chi connectivity index (χ2v) is 3.59. The van der Waals surface area contributed by atoms with Crippen molar-refractivity contribution in [1.29, 1.82) is 0 Å². The van der Waals surface area contributed by atoms with Crippen LogP contribution in [0.4, 0.5) is 0 Å². The van der Waals surface area contributed by atoms with Crippen LogP contribution >= 0.6 is 0 Å². The van der Waals surface area contributed by atoms with Crippen molar-refractivity contribution in [2.75, 3.05) is 6.54 Å². The highest BCUT2D eigenvalue weighted by atomic mass is 14.5. The molecule has 2 aliphatic carbocycles. The number of hydrogen-bond donors (Lipinski definition) is 1.